The van der Waals surface area contributed by atoms with Crippen LogP contribution in [0.5, 0.6) is 0 Å². The lowest BCUT2D eigenvalue weighted by Gasteiger charge is -2.31. The van der Waals surface area contributed by atoms with Crippen LogP contribution >= 0.6 is 0 Å². The van der Waals surface area contributed by atoms with Gasteiger partial charge in [-0.1, -0.05) is 0 Å². The molecule has 0 spiro atoms. The summed E-state index contributed by atoms with van der Waals surface area (Å²) in [4.78, 5) is 9.93. The highest BCUT2D eigenvalue weighted by Gasteiger charge is 2.29. The average Bonchev–Trinajstić information content (AvgIpc) is 1.79. The lowest BCUT2D eigenvalue weighted by molar-refractivity contribution is 0.0500. The van der Waals surface area contributed by atoms with Gasteiger partial charge in [-0.2, -0.15) is 0 Å². The molecule has 2 atom stereocenters. The van der Waals surface area contributed by atoms with Crippen molar-refractivity contribution in [1.82, 2.24) is 5.32 Å². The minimum absolute atomic E-state index is 0.220. The van der Waals surface area contributed by atoms with Crippen LogP contribution in [0.15, 0.2) is 0 Å². The molecule has 4 nitrogen and oxygen atoms in total. The zero-order valence-corrected chi connectivity index (χ0v) is 4.87. The van der Waals surface area contributed by atoms with E-state index >= 15 is 0 Å². The first kappa shape index (κ1) is 6.35. The molecule has 3 N–H and O–H groups in total. The Kier molecular flexibility index (Phi) is 1.57. The Morgan fingerprint density at radius 3 is 2.33 bits per heavy atom. The Bertz CT molecular complexity index is 125. The third kappa shape index (κ3) is 1.32. The van der Waals surface area contributed by atoms with Crippen LogP contribution in [0.1, 0.15) is 12.8 Å². The Labute approximate surface area is 52.5 Å². The van der Waals surface area contributed by atoms with E-state index in [9.17, 15) is 4.79 Å². The maximum absolute atomic E-state index is 9.93. The number of aliphatic hydroxyl groups is 1. The second kappa shape index (κ2) is 2.23. The zero-order chi connectivity index (χ0) is 6.85. The molecule has 0 aromatic heterocycles. The SMILES string of the molecule is O=C(O)N[C@@H]1CC[C@@H]1O. The Morgan fingerprint density at radius 2 is 2.22 bits per heavy atom. The average molecular weight is 131 g/mol. The van der Waals surface area contributed by atoms with Crippen LogP contribution in [-0.2, 0) is 0 Å². The summed E-state index contributed by atoms with van der Waals surface area (Å²) in [6.45, 7) is 0. The quantitative estimate of drug-likeness (QED) is 0.460. The monoisotopic (exact) mass is 131 g/mol. The number of hydrogen-bond acceptors (Lipinski definition) is 2. The Morgan fingerprint density at radius 1 is 1.56 bits per heavy atom. The minimum Gasteiger partial charge on any atom is -0.465 e. The first-order chi connectivity index (χ1) is 4.20. The van der Waals surface area contributed by atoms with E-state index in [2.05, 4.69) is 5.32 Å². The van der Waals surface area contributed by atoms with E-state index in [4.69, 9.17) is 10.2 Å². The topological polar surface area (TPSA) is 69.6 Å². The van der Waals surface area contributed by atoms with Gasteiger partial charge in [-0.25, -0.2) is 4.79 Å². The molecule has 4 heteroatoms. The van der Waals surface area contributed by atoms with Gasteiger partial charge in [-0.15, -0.1) is 0 Å². The van der Waals surface area contributed by atoms with Crippen molar-refractivity contribution in [2.45, 2.75) is 25.0 Å². The maximum Gasteiger partial charge on any atom is 0.404 e. The highest BCUT2D eigenvalue weighted by molar-refractivity contribution is 5.65. The van der Waals surface area contributed by atoms with E-state index in [0.717, 1.165) is 6.42 Å². The molecule has 9 heavy (non-hydrogen) atoms. The van der Waals surface area contributed by atoms with Gasteiger partial charge in [0.05, 0.1) is 12.1 Å². The van der Waals surface area contributed by atoms with Crippen molar-refractivity contribution in [2.24, 2.45) is 0 Å². The summed E-state index contributed by atoms with van der Waals surface area (Å²) >= 11 is 0. The number of hydrogen-bond donors (Lipinski definition) is 3. The van der Waals surface area contributed by atoms with Crippen molar-refractivity contribution in [3.8, 4) is 0 Å². The van der Waals surface area contributed by atoms with Crippen molar-refractivity contribution in [3.63, 3.8) is 0 Å². The van der Waals surface area contributed by atoms with Crippen LogP contribution < -0.4 is 5.32 Å². The van der Waals surface area contributed by atoms with Crippen LogP contribution in [0.25, 0.3) is 0 Å². The summed E-state index contributed by atoms with van der Waals surface area (Å²) in [5.41, 5.74) is 0. The molecule has 52 valence electrons. The molecule has 1 fully saturated rings. The van der Waals surface area contributed by atoms with E-state index in [1.54, 1.807) is 0 Å². The van der Waals surface area contributed by atoms with E-state index in [1.807, 2.05) is 0 Å². The largest absolute Gasteiger partial charge is 0.465 e. The van der Waals surface area contributed by atoms with Gasteiger partial charge in [0.2, 0.25) is 0 Å². The van der Waals surface area contributed by atoms with Gasteiger partial charge in [0.25, 0.3) is 0 Å². The molecular weight excluding hydrogens is 122 g/mol. The number of aliphatic hydroxyl groups excluding tert-OH is 1. The maximum atomic E-state index is 9.93. The molecule has 0 bridgehead atoms. The van der Waals surface area contributed by atoms with Crippen molar-refractivity contribution in [3.05, 3.63) is 0 Å². The fourth-order valence-corrected chi connectivity index (χ4v) is 0.809. The summed E-state index contributed by atoms with van der Waals surface area (Å²) in [5, 5.41) is 19.2. The number of rotatable bonds is 1. The summed E-state index contributed by atoms with van der Waals surface area (Å²) < 4.78 is 0. The molecule has 0 heterocycles. The first-order valence-electron chi connectivity index (χ1n) is 2.87. The molecule has 1 aliphatic rings. The molecule has 0 unspecified atom stereocenters. The minimum atomic E-state index is -1.06. The van der Waals surface area contributed by atoms with Gasteiger partial charge >= 0.3 is 6.09 Å². The highest BCUT2D eigenvalue weighted by Crippen LogP contribution is 2.18. The highest BCUT2D eigenvalue weighted by atomic mass is 16.4. The van der Waals surface area contributed by atoms with E-state index in [0.29, 0.717) is 6.42 Å². The van der Waals surface area contributed by atoms with E-state index in [-0.39, 0.29) is 6.04 Å². The van der Waals surface area contributed by atoms with Gasteiger partial charge in [0, 0.05) is 0 Å². The summed E-state index contributed by atoms with van der Waals surface area (Å²) in [6.07, 6.45) is -0.0434. The lowest BCUT2D eigenvalue weighted by atomic mass is 9.89. The van der Waals surface area contributed by atoms with E-state index in [1.165, 1.54) is 0 Å². The molecule has 1 saturated carbocycles. The number of amides is 1. The van der Waals surface area contributed by atoms with Crippen molar-refractivity contribution in [1.29, 1.82) is 0 Å². The number of carbonyl (C=O) groups is 1. The molecule has 0 aromatic rings. The van der Waals surface area contributed by atoms with Crippen LogP contribution in [-0.4, -0.2) is 28.5 Å². The predicted molar refractivity (Wildman–Crippen MR) is 30.2 cm³/mol. The molecule has 1 aliphatic carbocycles. The van der Waals surface area contributed by atoms with Crippen LogP contribution in [0.2, 0.25) is 0 Å². The van der Waals surface area contributed by atoms with Crippen LogP contribution in [0.3, 0.4) is 0 Å². The normalized spacial score (nSPS) is 33.0. The molecular formula is C5H9NO3. The van der Waals surface area contributed by atoms with Gasteiger partial charge in [-0.3, -0.25) is 0 Å². The third-order valence-corrected chi connectivity index (χ3v) is 1.55. The first-order valence-corrected chi connectivity index (χ1v) is 2.87. The Balaban J connectivity index is 2.21. The molecule has 0 radical (unpaired) electrons. The molecule has 0 aromatic carbocycles. The summed E-state index contributed by atoms with van der Waals surface area (Å²) in [6, 6.07) is -0.220. The summed E-state index contributed by atoms with van der Waals surface area (Å²) in [5.74, 6) is 0. The Hall–Kier alpha value is -0.770. The van der Waals surface area contributed by atoms with Gasteiger partial charge in [0.15, 0.2) is 0 Å². The van der Waals surface area contributed by atoms with Crippen LogP contribution in [0.4, 0.5) is 4.79 Å². The lowest BCUT2D eigenvalue weighted by Crippen LogP contribution is -2.49. The van der Waals surface area contributed by atoms with Gasteiger partial charge < -0.3 is 15.5 Å². The smallest absolute Gasteiger partial charge is 0.404 e. The third-order valence-electron chi connectivity index (χ3n) is 1.55. The molecule has 0 saturated heterocycles. The van der Waals surface area contributed by atoms with Crippen molar-refractivity contribution < 1.29 is 15.0 Å². The second-order valence-corrected chi connectivity index (χ2v) is 2.20. The van der Waals surface area contributed by atoms with Crippen molar-refractivity contribution >= 4 is 6.09 Å². The van der Waals surface area contributed by atoms with Gasteiger partial charge in [-0.05, 0) is 12.8 Å². The number of carboxylic acid groups (broad SMARTS) is 1. The standard InChI is InChI=1S/C5H9NO3/c7-4-2-1-3(4)6-5(8)9/h3-4,6-7H,1-2H2,(H,8,9)/t3-,4+/m1/s1. The molecule has 0 aliphatic heterocycles. The fraction of sp³-hybridized carbons (Fsp3) is 0.800. The van der Waals surface area contributed by atoms with Gasteiger partial charge in [0.1, 0.15) is 0 Å². The zero-order valence-electron chi connectivity index (χ0n) is 4.87. The van der Waals surface area contributed by atoms with Crippen molar-refractivity contribution in [2.75, 3.05) is 0 Å². The number of nitrogens with one attached hydrogen (secondary N) is 1. The fourth-order valence-electron chi connectivity index (χ4n) is 0.809. The molecule has 1 amide bonds. The van der Waals surface area contributed by atoms with Crippen LogP contribution in [0, 0.1) is 0 Å². The molecule has 1 rings (SSSR count). The van der Waals surface area contributed by atoms with E-state index < -0.39 is 12.2 Å². The summed E-state index contributed by atoms with van der Waals surface area (Å²) in [7, 11) is 0. The predicted octanol–water partition coefficient (Wildman–Crippen LogP) is -0.223. The second-order valence-electron chi connectivity index (χ2n) is 2.20.